The van der Waals surface area contributed by atoms with Crippen LogP contribution in [0.4, 0.5) is 5.69 Å². The number of morpholine rings is 1. The maximum atomic E-state index is 12.3. The van der Waals surface area contributed by atoms with Crippen molar-refractivity contribution in [3.63, 3.8) is 0 Å². The van der Waals surface area contributed by atoms with Gasteiger partial charge in [-0.05, 0) is 49.2 Å². The number of hydrogen-bond acceptors (Lipinski definition) is 4. The average molecular weight is 354 g/mol. The van der Waals surface area contributed by atoms with E-state index < -0.39 is 6.10 Å². The van der Waals surface area contributed by atoms with Crippen molar-refractivity contribution in [1.29, 1.82) is 0 Å². The largest absolute Gasteiger partial charge is 0.481 e. The van der Waals surface area contributed by atoms with E-state index >= 15 is 0 Å². The molecule has 3 rings (SSSR count). The van der Waals surface area contributed by atoms with Gasteiger partial charge in [-0.2, -0.15) is 0 Å². The number of ether oxygens (including phenoxy) is 2. The van der Waals surface area contributed by atoms with Crippen LogP contribution in [0.1, 0.15) is 18.1 Å². The van der Waals surface area contributed by atoms with Crippen LogP contribution in [0.5, 0.6) is 5.75 Å². The highest BCUT2D eigenvalue weighted by molar-refractivity contribution is 5.94. The molecule has 1 heterocycles. The lowest BCUT2D eigenvalue weighted by atomic mass is 10.2. The summed E-state index contributed by atoms with van der Waals surface area (Å²) in [4.78, 5) is 14.7. The molecule has 1 saturated heterocycles. The molecule has 1 fully saturated rings. The predicted octanol–water partition coefficient (Wildman–Crippen LogP) is 3.23. The molecular formula is C21H26N2O3. The summed E-state index contributed by atoms with van der Waals surface area (Å²) >= 11 is 0. The van der Waals surface area contributed by atoms with Gasteiger partial charge in [-0.25, -0.2) is 0 Å². The quantitative estimate of drug-likeness (QED) is 0.865. The van der Waals surface area contributed by atoms with Gasteiger partial charge in [0.1, 0.15) is 5.75 Å². The van der Waals surface area contributed by atoms with Gasteiger partial charge in [0, 0.05) is 25.3 Å². The number of rotatable bonds is 6. The molecule has 5 nitrogen and oxygen atoms in total. The molecule has 0 spiro atoms. The number of benzene rings is 2. The molecule has 1 aliphatic rings. The standard InChI is InChI=1S/C21H26N2O3/c1-16-4-3-5-20(14-16)26-17(2)21(24)22-19-8-6-18(7-9-19)15-23-10-12-25-13-11-23/h3-9,14,17H,10-13,15H2,1-2H3,(H,22,24)/t17-/m1/s1. The van der Waals surface area contributed by atoms with Crippen molar-refractivity contribution in [3.05, 3.63) is 59.7 Å². The highest BCUT2D eigenvalue weighted by Gasteiger charge is 2.15. The lowest BCUT2D eigenvalue weighted by Crippen LogP contribution is -2.35. The van der Waals surface area contributed by atoms with Crippen LogP contribution in [0.25, 0.3) is 0 Å². The van der Waals surface area contributed by atoms with Crippen LogP contribution < -0.4 is 10.1 Å². The van der Waals surface area contributed by atoms with Gasteiger partial charge >= 0.3 is 0 Å². The van der Waals surface area contributed by atoms with Gasteiger partial charge in [0.2, 0.25) is 0 Å². The van der Waals surface area contributed by atoms with Crippen LogP contribution in [0.3, 0.4) is 0 Å². The summed E-state index contributed by atoms with van der Waals surface area (Å²) in [6.07, 6.45) is -0.565. The van der Waals surface area contributed by atoms with Gasteiger partial charge in [-0.1, -0.05) is 24.3 Å². The molecule has 0 saturated carbocycles. The number of nitrogens with one attached hydrogen (secondary N) is 1. The Balaban J connectivity index is 1.51. The molecule has 0 bridgehead atoms. The van der Waals surface area contributed by atoms with Crippen LogP contribution in [0.15, 0.2) is 48.5 Å². The van der Waals surface area contributed by atoms with Crippen molar-refractivity contribution in [3.8, 4) is 5.75 Å². The zero-order valence-electron chi connectivity index (χ0n) is 15.4. The molecule has 1 amide bonds. The zero-order valence-corrected chi connectivity index (χ0v) is 15.4. The first kappa shape index (κ1) is 18.4. The Morgan fingerprint density at radius 1 is 1.19 bits per heavy atom. The number of anilines is 1. The summed E-state index contributed by atoms with van der Waals surface area (Å²) < 4.78 is 11.1. The van der Waals surface area contributed by atoms with E-state index in [1.54, 1.807) is 6.92 Å². The maximum absolute atomic E-state index is 12.3. The van der Waals surface area contributed by atoms with Crippen LogP contribution in [-0.2, 0) is 16.1 Å². The van der Waals surface area contributed by atoms with Crippen molar-refractivity contribution < 1.29 is 14.3 Å². The van der Waals surface area contributed by atoms with Gasteiger partial charge in [0.15, 0.2) is 6.10 Å². The Bertz CT molecular complexity index is 724. The number of hydrogen-bond donors (Lipinski definition) is 1. The van der Waals surface area contributed by atoms with Gasteiger partial charge in [0.05, 0.1) is 13.2 Å². The summed E-state index contributed by atoms with van der Waals surface area (Å²) in [6, 6.07) is 15.7. The first-order valence-corrected chi connectivity index (χ1v) is 9.03. The Hall–Kier alpha value is -2.37. The van der Waals surface area contributed by atoms with E-state index in [0.29, 0.717) is 5.75 Å². The molecule has 0 radical (unpaired) electrons. The number of carbonyl (C=O) groups is 1. The molecule has 0 aromatic heterocycles. The summed E-state index contributed by atoms with van der Waals surface area (Å²) in [5, 5.41) is 2.91. The summed E-state index contributed by atoms with van der Waals surface area (Å²) in [5.74, 6) is 0.543. The first-order valence-electron chi connectivity index (χ1n) is 9.03. The Morgan fingerprint density at radius 3 is 2.62 bits per heavy atom. The normalized spacial score (nSPS) is 16.1. The predicted molar refractivity (Wildman–Crippen MR) is 102 cm³/mol. The molecule has 138 valence electrons. The molecule has 5 heteroatoms. The van der Waals surface area contributed by atoms with Crippen LogP contribution in [0.2, 0.25) is 0 Å². The van der Waals surface area contributed by atoms with E-state index in [0.717, 1.165) is 44.1 Å². The van der Waals surface area contributed by atoms with Gasteiger partial charge < -0.3 is 14.8 Å². The minimum Gasteiger partial charge on any atom is -0.481 e. The molecule has 1 N–H and O–H groups in total. The summed E-state index contributed by atoms with van der Waals surface area (Å²) in [6.45, 7) is 8.18. The number of aryl methyl sites for hydroxylation is 1. The third-order valence-corrected chi connectivity index (χ3v) is 4.40. The second kappa shape index (κ2) is 8.83. The van der Waals surface area contributed by atoms with E-state index in [-0.39, 0.29) is 5.91 Å². The van der Waals surface area contributed by atoms with E-state index in [1.807, 2.05) is 43.3 Å². The van der Waals surface area contributed by atoms with E-state index in [4.69, 9.17) is 9.47 Å². The Kier molecular flexibility index (Phi) is 6.26. The Morgan fingerprint density at radius 2 is 1.92 bits per heavy atom. The fourth-order valence-electron chi connectivity index (χ4n) is 2.90. The third-order valence-electron chi connectivity index (χ3n) is 4.40. The first-order chi connectivity index (χ1) is 12.6. The smallest absolute Gasteiger partial charge is 0.265 e. The van der Waals surface area contributed by atoms with E-state index in [9.17, 15) is 4.79 Å². The summed E-state index contributed by atoms with van der Waals surface area (Å²) in [7, 11) is 0. The van der Waals surface area contributed by atoms with Crippen molar-refractivity contribution in [2.45, 2.75) is 26.5 Å². The maximum Gasteiger partial charge on any atom is 0.265 e. The molecule has 2 aromatic rings. The second-order valence-corrected chi connectivity index (χ2v) is 6.65. The number of nitrogens with zero attached hydrogens (tertiary/aromatic N) is 1. The van der Waals surface area contributed by atoms with Gasteiger partial charge in [0.25, 0.3) is 5.91 Å². The van der Waals surface area contributed by atoms with Crippen LogP contribution in [0, 0.1) is 6.92 Å². The number of amides is 1. The van der Waals surface area contributed by atoms with Gasteiger partial charge in [-0.15, -0.1) is 0 Å². The fourth-order valence-corrected chi connectivity index (χ4v) is 2.90. The van der Waals surface area contributed by atoms with Crippen molar-refractivity contribution in [2.24, 2.45) is 0 Å². The third kappa shape index (κ3) is 5.31. The molecule has 1 atom stereocenters. The highest BCUT2D eigenvalue weighted by Crippen LogP contribution is 2.16. The molecule has 0 unspecified atom stereocenters. The van der Waals surface area contributed by atoms with Crippen molar-refractivity contribution >= 4 is 11.6 Å². The molecular weight excluding hydrogens is 328 g/mol. The highest BCUT2D eigenvalue weighted by atomic mass is 16.5. The summed E-state index contributed by atoms with van der Waals surface area (Å²) in [5.41, 5.74) is 3.11. The minimum atomic E-state index is -0.565. The Labute approximate surface area is 154 Å². The lowest BCUT2D eigenvalue weighted by Gasteiger charge is -2.26. The van der Waals surface area contributed by atoms with E-state index in [1.165, 1.54) is 5.56 Å². The van der Waals surface area contributed by atoms with Crippen molar-refractivity contribution in [1.82, 2.24) is 4.90 Å². The lowest BCUT2D eigenvalue weighted by molar-refractivity contribution is -0.122. The monoisotopic (exact) mass is 354 g/mol. The fraction of sp³-hybridized carbons (Fsp3) is 0.381. The second-order valence-electron chi connectivity index (χ2n) is 6.65. The van der Waals surface area contributed by atoms with Gasteiger partial charge in [-0.3, -0.25) is 9.69 Å². The van der Waals surface area contributed by atoms with E-state index in [2.05, 4.69) is 22.3 Å². The molecule has 0 aliphatic carbocycles. The zero-order chi connectivity index (χ0) is 18.4. The topological polar surface area (TPSA) is 50.8 Å². The minimum absolute atomic E-state index is 0.160. The average Bonchev–Trinajstić information content (AvgIpc) is 2.64. The van der Waals surface area contributed by atoms with Crippen molar-refractivity contribution in [2.75, 3.05) is 31.6 Å². The van der Waals surface area contributed by atoms with Crippen LogP contribution >= 0.6 is 0 Å². The molecule has 2 aromatic carbocycles. The number of carbonyl (C=O) groups excluding carboxylic acids is 1. The molecule has 26 heavy (non-hydrogen) atoms. The SMILES string of the molecule is Cc1cccc(O[C@H](C)C(=O)Nc2ccc(CN3CCOCC3)cc2)c1. The van der Waals surface area contributed by atoms with Crippen LogP contribution in [-0.4, -0.2) is 43.2 Å². The molecule has 1 aliphatic heterocycles.